The quantitative estimate of drug-likeness (QED) is 0.579. The van der Waals surface area contributed by atoms with Crippen LogP contribution in [0.4, 0.5) is 0 Å². The first-order valence-corrected chi connectivity index (χ1v) is 4.97. The molecule has 1 heterocycles. The minimum absolute atomic E-state index is 0.168. The molecular weight excluding hydrogens is 188 g/mol. The van der Waals surface area contributed by atoms with Gasteiger partial charge >= 0.3 is 0 Å². The van der Waals surface area contributed by atoms with E-state index >= 15 is 0 Å². The lowest BCUT2D eigenvalue weighted by molar-refractivity contribution is -0.698. The van der Waals surface area contributed by atoms with Crippen LogP contribution in [0, 0.1) is 0 Å². The summed E-state index contributed by atoms with van der Waals surface area (Å²) >= 11 is 0. The molecule has 15 heavy (non-hydrogen) atoms. The molecule has 1 N–H and O–H groups in total. The van der Waals surface area contributed by atoms with Crippen molar-refractivity contribution in [1.82, 2.24) is 0 Å². The van der Waals surface area contributed by atoms with Gasteiger partial charge in [-0.2, -0.15) is 0 Å². The van der Waals surface area contributed by atoms with Crippen LogP contribution in [0.15, 0.2) is 35.6 Å². The second-order valence-corrected chi connectivity index (χ2v) is 3.31. The standard InChI is InChI=1S/C12H17N2O/c1-11(3-6-13-2)12-4-7-14(8-5-12)9-10-15/h3-8,15H,9-10H2,1-2H3/q+1/b11-3+,13-6?. The molecule has 0 fully saturated rings. The van der Waals surface area contributed by atoms with E-state index in [1.54, 1.807) is 13.3 Å². The van der Waals surface area contributed by atoms with Gasteiger partial charge < -0.3 is 5.11 Å². The number of pyridine rings is 1. The molecule has 0 amide bonds. The van der Waals surface area contributed by atoms with E-state index in [9.17, 15) is 0 Å². The van der Waals surface area contributed by atoms with Crippen LogP contribution < -0.4 is 4.57 Å². The molecule has 0 saturated carbocycles. The summed E-state index contributed by atoms with van der Waals surface area (Å²) in [5.74, 6) is 0. The first kappa shape index (κ1) is 11.6. The zero-order chi connectivity index (χ0) is 11.1. The Kier molecular flexibility index (Phi) is 4.71. The molecule has 1 aromatic heterocycles. The van der Waals surface area contributed by atoms with Gasteiger partial charge in [-0.05, 0) is 24.1 Å². The Morgan fingerprint density at radius 3 is 2.67 bits per heavy atom. The highest BCUT2D eigenvalue weighted by Gasteiger charge is 2.00. The number of allylic oxidation sites excluding steroid dienone is 2. The minimum atomic E-state index is 0.168. The highest BCUT2D eigenvalue weighted by Crippen LogP contribution is 2.09. The van der Waals surface area contributed by atoms with Crippen molar-refractivity contribution in [1.29, 1.82) is 0 Å². The van der Waals surface area contributed by atoms with E-state index in [2.05, 4.69) is 4.99 Å². The summed E-state index contributed by atoms with van der Waals surface area (Å²) in [5.41, 5.74) is 2.35. The summed E-state index contributed by atoms with van der Waals surface area (Å²) in [6, 6.07) is 4.07. The van der Waals surface area contributed by atoms with Gasteiger partial charge in [0.15, 0.2) is 18.9 Å². The maximum Gasteiger partial charge on any atom is 0.171 e. The Morgan fingerprint density at radius 2 is 2.13 bits per heavy atom. The Balaban J connectivity index is 2.79. The van der Waals surface area contributed by atoms with E-state index in [1.165, 1.54) is 11.1 Å². The second kappa shape index (κ2) is 6.09. The fourth-order valence-corrected chi connectivity index (χ4v) is 1.27. The first-order valence-electron chi connectivity index (χ1n) is 4.97. The number of hydrogen-bond donors (Lipinski definition) is 1. The third kappa shape index (κ3) is 3.64. The van der Waals surface area contributed by atoms with Crippen molar-refractivity contribution in [3.63, 3.8) is 0 Å². The number of rotatable bonds is 4. The van der Waals surface area contributed by atoms with Gasteiger partial charge in [0.05, 0.1) is 0 Å². The Labute approximate surface area is 90.4 Å². The molecule has 0 unspecified atom stereocenters. The molecule has 0 aliphatic carbocycles. The largest absolute Gasteiger partial charge is 0.390 e. The normalized spacial score (nSPS) is 12.3. The lowest BCUT2D eigenvalue weighted by Gasteiger charge is -1.99. The Bertz CT molecular complexity index is 352. The second-order valence-electron chi connectivity index (χ2n) is 3.31. The van der Waals surface area contributed by atoms with Gasteiger partial charge in [-0.25, -0.2) is 4.57 Å². The molecule has 3 heteroatoms. The fraction of sp³-hybridized carbons (Fsp3) is 0.333. The molecule has 0 bridgehead atoms. The van der Waals surface area contributed by atoms with Gasteiger partial charge in [-0.1, -0.05) is 0 Å². The van der Waals surface area contributed by atoms with Gasteiger partial charge in [0.1, 0.15) is 6.61 Å². The highest BCUT2D eigenvalue weighted by atomic mass is 16.3. The zero-order valence-electron chi connectivity index (χ0n) is 9.22. The van der Waals surface area contributed by atoms with Crippen molar-refractivity contribution >= 4 is 11.8 Å². The van der Waals surface area contributed by atoms with Gasteiger partial charge in [0, 0.05) is 25.4 Å². The third-order valence-corrected chi connectivity index (χ3v) is 2.18. The molecule has 0 saturated heterocycles. The topological polar surface area (TPSA) is 36.5 Å². The summed E-state index contributed by atoms with van der Waals surface area (Å²) in [7, 11) is 1.75. The zero-order valence-corrected chi connectivity index (χ0v) is 9.22. The maximum absolute atomic E-state index is 8.76. The van der Waals surface area contributed by atoms with Crippen LogP contribution in [0.3, 0.4) is 0 Å². The number of aliphatic imine (C=N–C) groups is 1. The minimum Gasteiger partial charge on any atom is -0.390 e. The Hall–Kier alpha value is -1.48. The fourth-order valence-electron chi connectivity index (χ4n) is 1.27. The van der Waals surface area contributed by atoms with Gasteiger partial charge in [-0.15, -0.1) is 0 Å². The molecule has 0 aliphatic rings. The van der Waals surface area contributed by atoms with Crippen molar-refractivity contribution in [2.75, 3.05) is 13.7 Å². The lowest BCUT2D eigenvalue weighted by Crippen LogP contribution is -2.34. The van der Waals surface area contributed by atoms with Crippen LogP contribution in [0.1, 0.15) is 12.5 Å². The average molecular weight is 205 g/mol. The van der Waals surface area contributed by atoms with Crippen molar-refractivity contribution in [2.45, 2.75) is 13.5 Å². The number of aliphatic hydroxyl groups excluding tert-OH is 1. The highest BCUT2D eigenvalue weighted by molar-refractivity contribution is 5.83. The summed E-state index contributed by atoms with van der Waals surface area (Å²) in [6.07, 6.45) is 7.69. The summed E-state index contributed by atoms with van der Waals surface area (Å²) < 4.78 is 1.95. The van der Waals surface area contributed by atoms with Crippen molar-refractivity contribution in [2.24, 2.45) is 4.99 Å². The van der Waals surface area contributed by atoms with Crippen molar-refractivity contribution < 1.29 is 9.67 Å². The van der Waals surface area contributed by atoms with E-state index in [1.807, 2.05) is 42.1 Å². The van der Waals surface area contributed by atoms with E-state index in [0.29, 0.717) is 6.54 Å². The lowest BCUT2D eigenvalue weighted by atomic mass is 10.1. The molecule has 1 rings (SSSR count). The van der Waals surface area contributed by atoms with Crippen molar-refractivity contribution in [3.05, 3.63) is 36.2 Å². The van der Waals surface area contributed by atoms with E-state index < -0.39 is 0 Å². The predicted octanol–water partition coefficient (Wildman–Crippen LogP) is 1.07. The average Bonchev–Trinajstić information content (AvgIpc) is 2.27. The van der Waals surface area contributed by atoms with Crippen molar-refractivity contribution in [3.8, 4) is 0 Å². The molecule has 80 valence electrons. The molecule has 0 aromatic carbocycles. The first-order chi connectivity index (χ1) is 7.27. The summed E-state index contributed by atoms with van der Waals surface area (Å²) in [5, 5.41) is 8.76. The molecular formula is C12H17N2O+. The predicted molar refractivity (Wildman–Crippen MR) is 61.8 cm³/mol. The molecule has 0 aliphatic heterocycles. The summed E-state index contributed by atoms with van der Waals surface area (Å²) in [6.45, 7) is 2.86. The maximum atomic E-state index is 8.76. The molecule has 0 spiro atoms. The van der Waals surface area contributed by atoms with Crippen LogP contribution in [-0.2, 0) is 6.54 Å². The third-order valence-electron chi connectivity index (χ3n) is 2.18. The van der Waals surface area contributed by atoms with Gasteiger partial charge in [0.25, 0.3) is 0 Å². The molecule has 0 radical (unpaired) electrons. The van der Waals surface area contributed by atoms with Crippen LogP contribution >= 0.6 is 0 Å². The number of hydrogen-bond acceptors (Lipinski definition) is 2. The number of aliphatic hydroxyl groups is 1. The van der Waals surface area contributed by atoms with Crippen LogP contribution in [0.5, 0.6) is 0 Å². The SMILES string of the molecule is CN=C/C=C(\C)c1cc[n+](CCO)cc1. The smallest absolute Gasteiger partial charge is 0.171 e. The molecule has 0 atom stereocenters. The van der Waals surface area contributed by atoms with Crippen LogP contribution in [0.25, 0.3) is 5.57 Å². The number of nitrogens with zero attached hydrogens (tertiary/aromatic N) is 2. The number of aromatic nitrogens is 1. The van der Waals surface area contributed by atoms with Crippen LogP contribution in [0.2, 0.25) is 0 Å². The van der Waals surface area contributed by atoms with Gasteiger partial charge in [0.2, 0.25) is 0 Å². The van der Waals surface area contributed by atoms with E-state index in [0.717, 1.165) is 0 Å². The molecule has 3 nitrogen and oxygen atoms in total. The molecule has 1 aromatic rings. The Morgan fingerprint density at radius 1 is 1.47 bits per heavy atom. The monoisotopic (exact) mass is 205 g/mol. The van der Waals surface area contributed by atoms with E-state index in [-0.39, 0.29) is 6.61 Å². The van der Waals surface area contributed by atoms with E-state index in [4.69, 9.17) is 5.11 Å². The van der Waals surface area contributed by atoms with Gasteiger partial charge in [-0.3, -0.25) is 4.99 Å². The summed E-state index contributed by atoms with van der Waals surface area (Å²) in [4.78, 5) is 3.91. The van der Waals surface area contributed by atoms with Crippen LogP contribution in [-0.4, -0.2) is 25.0 Å².